The molecule has 0 atom stereocenters. The van der Waals surface area contributed by atoms with Crippen LogP contribution in [0.3, 0.4) is 0 Å². The molecule has 0 amide bonds. The van der Waals surface area contributed by atoms with Gasteiger partial charge in [-0.3, -0.25) is 4.98 Å². The van der Waals surface area contributed by atoms with E-state index in [2.05, 4.69) is 4.98 Å². The third-order valence-corrected chi connectivity index (χ3v) is 3.49. The average molecular weight is 269 g/mol. The minimum Gasteiger partial charge on any atom is -0.250 e. The van der Waals surface area contributed by atoms with Crippen LogP contribution in [-0.4, -0.2) is 19.7 Å². The van der Waals surface area contributed by atoms with Gasteiger partial charge in [-0.25, -0.2) is 17.2 Å². The second-order valence-corrected chi connectivity index (χ2v) is 5.80. The van der Waals surface area contributed by atoms with Gasteiger partial charge >= 0.3 is 0 Å². The predicted octanol–water partition coefficient (Wildman–Crippen LogP) is 2.43. The first-order chi connectivity index (χ1) is 8.38. The van der Waals surface area contributed by atoms with Gasteiger partial charge in [-0.15, -0.1) is 0 Å². The summed E-state index contributed by atoms with van der Waals surface area (Å²) in [5.41, 5.74) is 0.372. The van der Waals surface area contributed by atoms with Crippen molar-refractivity contribution in [2.75, 3.05) is 6.26 Å². The van der Waals surface area contributed by atoms with E-state index in [9.17, 15) is 17.2 Å². The number of benzene rings is 1. The molecule has 0 aliphatic carbocycles. The van der Waals surface area contributed by atoms with Crippen LogP contribution in [0.4, 0.5) is 8.78 Å². The maximum Gasteiger partial charge on any atom is 0.175 e. The molecule has 0 radical (unpaired) electrons. The van der Waals surface area contributed by atoms with Crippen LogP contribution in [0.2, 0.25) is 0 Å². The normalized spacial score (nSPS) is 11.5. The molecule has 0 unspecified atom stereocenters. The Labute approximate surface area is 103 Å². The molecule has 1 aromatic carbocycles. The first-order valence-corrected chi connectivity index (χ1v) is 6.88. The Bertz CT molecular complexity index is 682. The van der Waals surface area contributed by atoms with Gasteiger partial charge in [-0.1, -0.05) is 12.1 Å². The van der Waals surface area contributed by atoms with Crippen molar-refractivity contribution in [1.29, 1.82) is 0 Å². The minimum absolute atomic E-state index is 0.0172. The lowest BCUT2D eigenvalue weighted by molar-refractivity contribution is 0.576. The Hall–Kier alpha value is -1.82. The number of halogens is 2. The molecule has 2 rings (SSSR count). The van der Waals surface area contributed by atoms with Gasteiger partial charge in [0.1, 0.15) is 11.5 Å². The second kappa shape index (κ2) is 4.45. The molecule has 0 N–H and O–H groups in total. The van der Waals surface area contributed by atoms with Crippen molar-refractivity contribution in [3.05, 3.63) is 48.2 Å². The van der Waals surface area contributed by atoms with E-state index < -0.39 is 21.5 Å². The van der Waals surface area contributed by atoms with E-state index >= 15 is 0 Å². The summed E-state index contributed by atoms with van der Waals surface area (Å²) in [6.07, 6.45) is 1.99. The summed E-state index contributed by atoms with van der Waals surface area (Å²) < 4.78 is 48.7. The smallest absolute Gasteiger partial charge is 0.175 e. The summed E-state index contributed by atoms with van der Waals surface area (Å²) in [5, 5.41) is 0. The number of pyridine rings is 1. The molecule has 0 fully saturated rings. The van der Waals surface area contributed by atoms with Gasteiger partial charge in [-0.2, -0.15) is 0 Å². The Morgan fingerprint density at radius 3 is 2.22 bits per heavy atom. The summed E-state index contributed by atoms with van der Waals surface area (Å²) >= 11 is 0. The van der Waals surface area contributed by atoms with Crippen LogP contribution >= 0.6 is 0 Å². The van der Waals surface area contributed by atoms with Crippen molar-refractivity contribution in [3.8, 4) is 11.3 Å². The molecule has 0 aliphatic heterocycles. The van der Waals surface area contributed by atoms with Gasteiger partial charge in [0, 0.05) is 17.9 Å². The van der Waals surface area contributed by atoms with E-state index in [-0.39, 0.29) is 10.6 Å². The van der Waals surface area contributed by atoms with Gasteiger partial charge in [0.25, 0.3) is 0 Å². The largest absolute Gasteiger partial charge is 0.250 e. The van der Waals surface area contributed by atoms with Crippen molar-refractivity contribution in [2.24, 2.45) is 0 Å². The highest BCUT2D eigenvalue weighted by Crippen LogP contribution is 2.22. The predicted molar refractivity (Wildman–Crippen MR) is 62.7 cm³/mol. The molecule has 1 aromatic heterocycles. The Morgan fingerprint density at radius 2 is 1.72 bits per heavy atom. The van der Waals surface area contributed by atoms with Crippen LogP contribution in [0.25, 0.3) is 11.3 Å². The third-order valence-electron chi connectivity index (χ3n) is 2.36. The molecule has 0 aliphatic rings. The number of sulfone groups is 1. The lowest BCUT2D eigenvalue weighted by Crippen LogP contribution is -1.97. The lowest BCUT2D eigenvalue weighted by Gasteiger charge is -2.03. The molecule has 0 spiro atoms. The highest BCUT2D eigenvalue weighted by Gasteiger charge is 2.10. The van der Waals surface area contributed by atoms with Crippen molar-refractivity contribution < 1.29 is 17.2 Å². The van der Waals surface area contributed by atoms with E-state index in [1.165, 1.54) is 24.3 Å². The van der Waals surface area contributed by atoms with Crippen LogP contribution in [0, 0.1) is 11.6 Å². The summed E-state index contributed by atoms with van der Waals surface area (Å²) in [6, 6.07) is 6.30. The van der Waals surface area contributed by atoms with Gasteiger partial charge in [0.2, 0.25) is 0 Å². The Kier molecular flexibility index (Phi) is 3.13. The SMILES string of the molecule is CS(=O)(=O)c1ccc(-c2ncc(F)cc2F)cc1. The summed E-state index contributed by atoms with van der Waals surface area (Å²) in [5.74, 6) is -1.55. The monoisotopic (exact) mass is 269 g/mol. The molecule has 0 saturated carbocycles. The van der Waals surface area contributed by atoms with Gasteiger partial charge in [0.15, 0.2) is 15.7 Å². The quantitative estimate of drug-likeness (QED) is 0.841. The van der Waals surface area contributed by atoms with Crippen molar-refractivity contribution in [3.63, 3.8) is 0 Å². The molecule has 6 heteroatoms. The highest BCUT2D eigenvalue weighted by atomic mass is 32.2. The Morgan fingerprint density at radius 1 is 1.11 bits per heavy atom. The fraction of sp³-hybridized carbons (Fsp3) is 0.0833. The molecule has 0 bridgehead atoms. The zero-order valence-electron chi connectivity index (χ0n) is 9.39. The molecule has 18 heavy (non-hydrogen) atoms. The number of rotatable bonds is 2. The van der Waals surface area contributed by atoms with Crippen molar-refractivity contribution in [2.45, 2.75) is 4.90 Å². The van der Waals surface area contributed by atoms with Crippen LogP contribution in [0.15, 0.2) is 41.4 Å². The first kappa shape index (κ1) is 12.6. The number of aromatic nitrogens is 1. The molecule has 3 nitrogen and oxygen atoms in total. The van der Waals surface area contributed by atoms with Crippen LogP contribution in [0.5, 0.6) is 0 Å². The Balaban J connectivity index is 2.47. The van der Waals surface area contributed by atoms with Gasteiger partial charge in [-0.05, 0) is 12.1 Å². The first-order valence-electron chi connectivity index (χ1n) is 4.99. The topological polar surface area (TPSA) is 47.0 Å². The van der Waals surface area contributed by atoms with E-state index in [0.717, 1.165) is 18.5 Å². The summed E-state index contributed by atoms with van der Waals surface area (Å²) in [4.78, 5) is 3.77. The fourth-order valence-corrected chi connectivity index (χ4v) is 2.12. The zero-order chi connectivity index (χ0) is 13.3. The molecular weight excluding hydrogens is 260 g/mol. The number of nitrogens with zero attached hydrogens (tertiary/aromatic N) is 1. The van der Waals surface area contributed by atoms with E-state index in [1.54, 1.807) is 0 Å². The van der Waals surface area contributed by atoms with E-state index in [4.69, 9.17) is 0 Å². The maximum atomic E-state index is 13.4. The highest BCUT2D eigenvalue weighted by molar-refractivity contribution is 7.90. The maximum absolute atomic E-state index is 13.4. The standard InChI is InChI=1S/C12H9F2NO2S/c1-18(16,17)10-4-2-8(3-5-10)12-11(14)6-9(13)7-15-12/h2-7H,1H3. The molecular formula is C12H9F2NO2S. The fourth-order valence-electron chi connectivity index (χ4n) is 1.49. The third kappa shape index (κ3) is 2.53. The van der Waals surface area contributed by atoms with Crippen LogP contribution in [-0.2, 0) is 9.84 Å². The second-order valence-electron chi connectivity index (χ2n) is 3.78. The molecule has 1 heterocycles. The van der Waals surface area contributed by atoms with E-state index in [1.807, 2.05) is 0 Å². The number of hydrogen-bond donors (Lipinski definition) is 0. The lowest BCUT2D eigenvalue weighted by atomic mass is 10.1. The minimum atomic E-state index is -3.29. The molecule has 94 valence electrons. The van der Waals surface area contributed by atoms with Gasteiger partial charge < -0.3 is 0 Å². The molecule has 2 aromatic rings. The van der Waals surface area contributed by atoms with Crippen molar-refractivity contribution >= 4 is 9.84 Å². The van der Waals surface area contributed by atoms with E-state index in [0.29, 0.717) is 5.56 Å². The van der Waals surface area contributed by atoms with Crippen LogP contribution < -0.4 is 0 Å². The molecule has 0 saturated heterocycles. The average Bonchev–Trinajstić information content (AvgIpc) is 2.28. The zero-order valence-corrected chi connectivity index (χ0v) is 10.2. The summed E-state index contributed by atoms with van der Waals surface area (Å²) in [6.45, 7) is 0. The number of hydrogen-bond acceptors (Lipinski definition) is 3. The summed E-state index contributed by atoms with van der Waals surface area (Å²) in [7, 11) is -3.29. The van der Waals surface area contributed by atoms with Crippen molar-refractivity contribution in [1.82, 2.24) is 4.98 Å². The van der Waals surface area contributed by atoms with Crippen LogP contribution in [0.1, 0.15) is 0 Å². The van der Waals surface area contributed by atoms with Gasteiger partial charge in [0.05, 0.1) is 11.1 Å².